The van der Waals surface area contributed by atoms with Crippen molar-refractivity contribution >= 4 is 11.2 Å². The zero-order valence-corrected chi connectivity index (χ0v) is 11.4. The minimum Gasteiger partial charge on any atom is -0.491 e. The third-order valence-corrected chi connectivity index (χ3v) is 3.19. The summed E-state index contributed by atoms with van der Waals surface area (Å²) in [6.45, 7) is 1.11. The van der Waals surface area contributed by atoms with Crippen LogP contribution < -0.4 is 16.2 Å². The second-order valence-corrected chi connectivity index (χ2v) is 4.51. The summed E-state index contributed by atoms with van der Waals surface area (Å²) in [4.78, 5) is 15.9. The van der Waals surface area contributed by atoms with E-state index in [2.05, 4.69) is 4.98 Å². The molecule has 0 amide bonds. The van der Waals surface area contributed by atoms with Crippen molar-refractivity contribution in [2.75, 3.05) is 6.61 Å². The van der Waals surface area contributed by atoms with Crippen LogP contribution in [0.2, 0.25) is 0 Å². The van der Waals surface area contributed by atoms with Crippen molar-refractivity contribution in [2.24, 2.45) is 5.73 Å². The molecule has 0 atom stereocenters. The normalized spacial score (nSPS) is 10.9. The van der Waals surface area contributed by atoms with Crippen LogP contribution in [-0.4, -0.2) is 16.2 Å². The molecule has 3 rings (SSSR count). The van der Waals surface area contributed by atoms with Gasteiger partial charge in [-0.3, -0.25) is 4.57 Å². The second kappa shape index (κ2) is 5.80. The molecule has 2 heterocycles. The maximum Gasteiger partial charge on any atom is 0.421 e. The molecule has 0 aliphatic heterocycles. The molecule has 2 N–H and O–H groups in total. The average molecular weight is 285 g/mol. The van der Waals surface area contributed by atoms with Crippen molar-refractivity contribution < 1.29 is 9.15 Å². The Balaban J connectivity index is 1.75. The first-order valence-electron chi connectivity index (χ1n) is 6.64. The first-order chi connectivity index (χ1) is 10.3. The van der Waals surface area contributed by atoms with Crippen molar-refractivity contribution in [3.8, 4) is 5.75 Å². The van der Waals surface area contributed by atoms with Crippen molar-refractivity contribution in [1.82, 2.24) is 9.55 Å². The first-order valence-corrected chi connectivity index (χ1v) is 6.64. The minimum atomic E-state index is -0.431. The Morgan fingerprint density at radius 2 is 2.10 bits per heavy atom. The van der Waals surface area contributed by atoms with Gasteiger partial charge in [-0.25, -0.2) is 9.78 Å². The number of hydrogen-bond acceptors (Lipinski definition) is 5. The summed E-state index contributed by atoms with van der Waals surface area (Å²) in [5, 5.41) is 0. The summed E-state index contributed by atoms with van der Waals surface area (Å²) < 4.78 is 12.3. The van der Waals surface area contributed by atoms with Gasteiger partial charge >= 0.3 is 5.76 Å². The highest BCUT2D eigenvalue weighted by Crippen LogP contribution is 2.17. The Morgan fingerprint density at radius 1 is 1.24 bits per heavy atom. The summed E-state index contributed by atoms with van der Waals surface area (Å²) in [5.41, 5.74) is 7.59. The number of para-hydroxylation sites is 1. The minimum absolute atomic E-state index is 0.335. The molecule has 0 saturated heterocycles. The molecule has 6 nitrogen and oxygen atoms in total. The molecule has 3 aromatic rings. The predicted molar refractivity (Wildman–Crippen MR) is 78.1 cm³/mol. The lowest BCUT2D eigenvalue weighted by molar-refractivity contribution is 0.291. The predicted octanol–water partition coefficient (Wildman–Crippen LogP) is 1.53. The van der Waals surface area contributed by atoms with E-state index in [1.165, 1.54) is 4.57 Å². The standard InChI is InChI=1S/C15H15N3O3/c16-10-11-4-1-2-5-12(11)20-9-8-18-14-13(21-15(18)19)6-3-7-17-14/h1-7H,8-10,16H2. The number of nitrogens with two attached hydrogens (primary N) is 1. The molecule has 0 unspecified atom stereocenters. The highest BCUT2D eigenvalue weighted by atomic mass is 16.5. The molecule has 0 radical (unpaired) electrons. The number of fused-ring (bicyclic) bond motifs is 1. The van der Waals surface area contributed by atoms with E-state index in [-0.39, 0.29) is 0 Å². The second-order valence-electron chi connectivity index (χ2n) is 4.51. The number of ether oxygens (including phenoxy) is 1. The number of nitrogens with zero attached hydrogens (tertiary/aromatic N) is 2. The third-order valence-electron chi connectivity index (χ3n) is 3.19. The Labute approximate surface area is 120 Å². The van der Waals surface area contributed by atoms with Crippen LogP contribution in [-0.2, 0) is 13.1 Å². The number of hydrogen-bond donors (Lipinski definition) is 1. The van der Waals surface area contributed by atoms with E-state index in [0.717, 1.165) is 11.3 Å². The van der Waals surface area contributed by atoms with Crippen LogP contribution in [0.1, 0.15) is 5.56 Å². The highest BCUT2D eigenvalue weighted by Gasteiger charge is 2.10. The molecule has 0 saturated carbocycles. The van der Waals surface area contributed by atoms with Gasteiger partial charge < -0.3 is 14.9 Å². The largest absolute Gasteiger partial charge is 0.491 e. The van der Waals surface area contributed by atoms with Crippen molar-refractivity contribution in [2.45, 2.75) is 13.1 Å². The van der Waals surface area contributed by atoms with Gasteiger partial charge in [0, 0.05) is 18.3 Å². The van der Waals surface area contributed by atoms with Gasteiger partial charge in [-0.05, 0) is 18.2 Å². The van der Waals surface area contributed by atoms with Crippen LogP contribution in [0.3, 0.4) is 0 Å². The lowest BCUT2D eigenvalue weighted by Gasteiger charge is -2.10. The van der Waals surface area contributed by atoms with E-state index in [0.29, 0.717) is 30.9 Å². The van der Waals surface area contributed by atoms with Crippen molar-refractivity contribution in [3.63, 3.8) is 0 Å². The van der Waals surface area contributed by atoms with Crippen LogP contribution in [0.4, 0.5) is 0 Å². The van der Waals surface area contributed by atoms with Crippen LogP contribution in [0.15, 0.2) is 51.8 Å². The zero-order chi connectivity index (χ0) is 14.7. The summed E-state index contributed by atoms with van der Waals surface area (Å²) in [5.74, 6) is 0.299. The van der Waals surface area contributed by atoms with Gasteiger partial charge in [0.2, 0.25) is 0 Å². The molecule has 0 bridgehead atoms. The van der Waals surface area contributed by atoms with Gasteiger partial charge in [0.15, 0.2) is 11.2 Å². The van der Waals surface area contributed by atoms with Crippen LogP contribution >= 0.6 is 0 Å². The third kappa shape index (κ3) is 2.66. The van der Waals surface area contributed by atoms with E-state index < -0.39 is 5.76 Å². The summed E-state index contributed by atoms with van der Waals surface area (Å²) in [6, 6.07) is 11.0. The average Bonchev–Trinajstić information content (AvgIpc) is 2.84. The van der Waals surface area contributed by atoms with E-state index in [1.54, 1.807) is 18.3 Å². The van der Waals surface area contributed by atoms with Crippen molar-refractivity contribution in [3.05, 3.63) is 58.7 Å². The van der Waals surface area contributed by atoms with Gasteiger partial charge in [-0.15, -0.1) is 0 Å². The van der Waals surface area contributed by atoms with Gasteiger partial charge in [0.05, 0.1) is 6.54 Å². The summed E-state index contributed by atoms with van der Waals surface area (Å²) >= 11 is 0. The van der Waals surface area contributed by atoms with Crippen LogP contribution in [0, 0.1) is 0 Å². The van der Waals surface area contributed by atoms with Crippen molar-refractivity contribution in [1.29, 1.82) is 0 Å². The molecule has 1 aromatic carbocycles. The van der Waals surface area contributed by atoms with Gasteiger partial charge in [-0.2, -0.15) is 0 Å². The van der Waals surface area contributed by atoms with Crippen LogP contribution in [0.25, 0.3) is 11.2 Å². The molecule has 21 heavy (non-hydrogen) atoms. The SMILES string of the molecule is NCc1ccccc1OCCn1c(=O)oc2cccnc21. The maximum atomic E-state index is 11.8. The molecule has 0 fully saturated rings. The molecular formula is C15H15N3O3. The molecule has 0 aliphatic carbocycles. The number of aromatic nitrogens is 2. The van der Waals surface area contributed by atoms with Gasteiger partial charge in [0.1, 0.15) is 12.4 Å². The lowest BCUT2D eigenvalue weighted by Crippen LogP contribution is -2.19. The van der Waals surface area contributed by atoms with E-state index in [4.69, 9.17) is 14.9 Å². The number of rotatable bonds is 5. The monoisotopic (exact) mass is 285 g/mol. The number of oxazole rings is 1. The zero-order valence-electron chi connectivity index (χ0n) is 11.4. The fourth-order valence-electron chi connectivity index (χ4n) is 2.16. The topological polar surface area (TPSA) is 83.3 Å². The summed E-state index contributed by atoms with van der Waals surface area (Å²) in [6.07, 6.45) is 1.62. The summed E-state index contributed by atoms with van der Waals surface area (Å²) in [7, 11) is 0. The smallest absolute Gasteiger partial charge is 0.421 e. The Morgan fingerprint density at radius 3 is 2.95 bits per heavy atom. The fourth-order valence-corrected chi connectivity index (χ4v) is 2.16. The first kappa shape index (κ1) is 13.4. The highest BCUT2D eigenvalue weighted by molar-refractivity contribution is 5.67. The number of pyridine rings is 1. The van der Waals surface area contributed by atoms with E-state index in [9.17, 15) is 4.79 Å². The Hall–Kier alpha value is -2.60. The number of benzene rings is 1. The molecule has 0 aliphatic rings. The molecule has 6 heteroatoms. The quantitative estimate of drug-likeness (QED) is 0.768. The van der Waals surface area contributed by atoms with Gasteiger partial charge in [0.25, 0.3) is 0 Å². The van der Waals surface area contributed by atoms with Gasteiger partial charge in [-0.1, -0.05) is 18.2 Å². The fraction of sp³-hybridized carbons (Fsp3) is 0.200. The van der Waals surface area contributed by atoms with E-state index >= 15 is 0 Å². The Kier molecular flexibility index (Phi) is 3.70. The molecular weight excluding hydrogens is 270 g/mol. The maximum absolute atomic E-state index is 11.8. The van der Waals surface area contributed by atoms with E-state index in [1.807, 2.05) is 24.3 Å². The molecule has 108 valence electrons. The molecule has 0 spiro atoms. The lowest BCUT2D eigenvalue weighted by atomic mass is 10.2. The van der Waals surface area contributed by atoms with Crippen LogP contribution in [0.5, 0.6) is 5.75 Å². The Bertz CT molecular complexity index is 807. The molecule has 2 aromatic heterocycles.